The zero-order valence-corrected chi connectivity index (χ0v) is 10.4. The lowest BCUT2D eigenvalue weighted by molar-refractivity contribution is -0.386. The van der Waals surface area contributed by atoms with Gasteiger partial charge in [0.15, 0.2) is 0 Å². The van der Waals surface area contributed by atoms with Crippen molar-refractivity contribution in [2.45, 2.75) is 31.7 Å². The lowest BCUT2D eigenvalue weighted by Crippen LogP contribution is -2.39. The summed E-state index contributed by atoms with van der Waals surface area (Å²) in [5.41, 5.74) is 4.19. The van der Waals surface area contributed by atoms with Crippen LogP contribution in [-0.4, -0.2) is 16.0 Å². The van der Waals surface area contributed by atoms with Gasteiger partial charge in [-0.15, -0.1) is 0 Å². The molecule has 0 heterocycles. The standard InChI is InChI=1S/C12H15FN2O4/c1-2-5-12(14,7-11(16)17)9-4-3-8(13)6-10(9)15(18)19/h3-4,6H,2,5,7,14H2,1H3,(H,16,17). The number of benzene rings is 1. The minimum absolute atomic E-state index is 0.0446. The van der Waals surface area contributed by atoms with Crippen molar-refractivity contribution < 1.29 is 19.2 Å². The fourth-order valence-corrected chi connectivity index (χ4v) is 2.11. The van der Waals surface area contributed by atoms with Crippen LogP contribution in [0.2, 0.25) is 0 Å². The molecule has 1 rings (SSSR count). The van der Waals surface area contributed by atoms with E-state index in [1.54, 1.807) is 6.92 Å². The second kappa shape index (κ2) is 5.75. The molecule has 0 bridgehead atoms. The number of halogens is 1. The van der Waals surface area contributed by atoms with E-state index in [1.807, 2.05) is 0 Å². The van der Waals surface area contributed by atoms with Gasteiger partial charge in [-0.1, -0.05) is 13.3 Å². The molecule has 0 aliphatic heterocycles. The van der Waals surface area contributed by atoms with Gasteiger partial charge in [-0.3, -0.25) is 14.9 Å². The second-order valence-electron chi connectivity index (χ2n) is 4.40. The number of carbonyl (C=O) groups is 1. The van der Waals surface area contributed by atoms with Crippen molar-refractivity contribution in [3.63, 3.8) is 0 Å². The lowest BCUT2D eigenvalue weighted by Gasteiger charge is -2.27. The molecule has 1 atom stereocenters. The SMILES string of the molecule is CCCC(N)(CC(=O)O)c1ccc(F)cc1[N+](=O)[O-]. The number of aliphatic carboxylic acids is 1. The molecule has 0 fully saturated rings. The fourth-order valence-electron chi connectivity index (χ4n) is 2.11. The largest absolute Gasteiger partial charge is 0.481 e. The molecule has 104 valence electrons. The third-order valence-corrected chi connectivity index (χ3v) is 2.86. The number of rotatable bonds is 6. The average molecular weight is 270 g/mol. The first-order valence-corrected chi connectivity index (χ1v) is 5.75. The highest BCUT2D eigenvalue weighted by molar-refractivity contribution is 5.69. The molecule has 7 heteroatoms. The monoisotopic (exact) mass is 270 g/mol. The normalized spacial score (nSPS) is 13.8. The molecular formula is C12H15FN2O4. The van der Waals surface area contributed by atoms with E-state index >= 15 is 0 Å². The van der Waals surface area contributed by atoms with Gasteiger partial charge in [-0.2, -0.15) is 0 Å². The molecule has 19 heavy (non-hydrogen) atoms. The van der Waals surface area contributed by atoms with Crippen LogP contribution in [0.15, 0.2) is 18.2 Å². The Balaban J connectivity index is 3.37. The number of nitro groups is 1. The molecule has 0 radical (unpaired) electrons. The van der Waals surface area contributed by atoms with Crippen molar-refractivity contribution in [3.05, 3.63) is 39.7 Å². The third kappa shape index (κ3) is 3.47. The Morgan fingerprint density at radius 1 is 1.58 bits per heavy atom. The van der Waals surface area contributed by atoms with Crippen LogP contribution in [0.25, 0.3) is 0 Å². The molecule has 3 N–H and O–H groups in total. The Kier molecular flexibility index (Phi) is 4.55. The van der Waals surface area contributed by atoms with Gasteiger partial charge >= 0.3 is 5.97 Å². The molecule has 0 spiro atoms. The number of carboxylic acids is 1. The van der Waals surface area contributed by atoms with E-state index in [0.717, 1.165) is 12.1 Å². The van der Waals surface area contributed by atoms with Crippen LogP contribution < -0.4 is 5.73 Å². The van der Waals surface area contributed by atoms with Gasteiger partial charge < -0.3 is 10.8 Å². The third-order valence-electron chi connectivity index (χ3n) is 2.86. The molecule has 0 aromatic heterocycles. The summed E-state index contributed by atoms with van der Waals surface area (Å²) < 4.78 is 13.1. The molecule has 0 amide bonds. The van der Waals surface area contributed by atoms with E-state index < -0.39 is 34.4 Å². The van der Waals surface area contributed by atoms with Crippen molar-refractivity contribution in [1.82, 2.24) is 0 Å². The number of nitrogens with zero attached hydrogens (tertiary/aromatic N) is 1. The second-order valence-corrected chi connectivity index (χ2v) is 4.40. The first kappa shape index (κ1) is 15.0. The summed E-state index contributed by atoms with van der Waals surface area (Å²) in [4.78, 5) is 21.1. The van der Waals surface area contributed by atoms with Crippen LogP contribution in [0.4, 0.5) is 10.1 Å². The maximum atomic E-state index is 13.1. The smallest absolute Gasteiger partial charge is 0.305 e. The number of nitrogens with two attached hydrogens (primary N) is 1. The van der Waals surface area contributed by atoms with E-state index in [-0.39, 0.29) is 12.0 Å². The first-order valence-electron chi connectivity index (χ1n) is 5.75. The predicted molar refractivity (Wildman–Crippen MR) is 66.1 cm³/mol. The van der Waals surface area contributed by atoms with E-state index in [1.165, 1.54) is 6.07 Å². The minimum Gasteiger partial charge on any atom is -0.481 e. The Hall–Kier alpha value is -2.02. The predicted octanol–water partition coefficient (Wildman–Crippen LogP) is 2.16. The lowest BCUT2D eigenvalue weighted by atomic mass is 9.82. The maximum Gasteiger partial charge on any atom is 0.305 e. The van der Waals surface area contributed by atoms with Gasteiger partial charge in [0, 0.05) is 0 Å². The first-order chi connectivity index (χ1) is 8.80. The summed E-state index contributed by atoms with van der Waals surface area (Å²) in [5, 5.41) is 19.8. The molecule has 0 saturated carbocycles. The van der Waals surface area contributed by atoms with E-state index in [2.05, 4.69) is 0 Å². The van der Waals surface area contributed by atoms with Gasteiger partial charge in [0.05, 0.1) is 28.5 Å². The molecular weight excluding hydrogens is 255 g/mol. The topological polar surface area (TPSA) is 106 Å². The summed E-state index contributed by atoms with van der Waals surface area (Å²) in [5.74, 6) is -1.92. The van der Waals surface area contributed by atoms with Gasteiger partial charge in [-0.05, 0) is 18.6 Å². The highest BCUT2D eigenvalue weighted by atomic mass is 19.1. The average Bonchev–Trinajstić information content (AvgIpc) is 2.27. The highest BCUT2D eigenvalue weighted by Gasteiger charge is 2.35. The summed E-state index contributed by atoms with van der Waals surface area (Å²) in [6.07, 6.45) is 0.359. The van der Waals surface area contributed by atoms with Crippen molar-refractivity contribution in [2.24, 2.45) is 5.73 Å². The molecule has 1 unspecified atom stereocenters. The van der Waals surface area contributed by atoms with Crippen LogP contribution in [0.3, 0.4) is 0 Å². The number of carboxylic acid groups (broad SMARTS) is 1. The van der Waals surface area contributed by atoms with Gasteiger partial charge in [0.2, 0.25) is 0 Å². The fraction of sp³-hybridized carbons (Fsp3) is 0.417. The van der Waals surface area contributed by atoms with Crippen molar-refractivity contribution in [1.29, 1.82) is 0 Å². The number of hydrogen-bond acceptors (Lipinski definition) is 4. The number of nitro benzene ring substituents is 1. The van der Waals surface area contributed by atoms with Crippen LogP contribution in [0.5, 0.6) is 0 Å². The van der Waals surface area contributed by atoms with Crippen molar-refractivity contribution in [3.8, 4) is 0 Å². The molecule has 1 aromatic carbocycles. The Labute approximate surface area is 109 Å². The van der Waals surface area contributed by atoms with Crippen LogP contribution in [-0.2, 0) is 10.3 Å². The summed E-state index contributed by atoms with van der Waals surface area (Å²) in [7, 11) is 0. The summed E-state index contributed by atoms with van der Waals surface area (Å²) in [6, 6.07) is 2.99. The van der Waals surface area contributed by atoms with Crippen molar-refractivity contribution in [2.75, 3.05) is 0 Å². The molecule has 0 aliphatic rings. The van der Waals surface area contributed by atoms with E-state index in [9.17, 15) is 19.3 Å². The molecule has 0 aliphatic carbocycles. The Morgan fingerprint density at radius 2 is 2.21 bits per heavy atom. The summed E-state index contributed by atoms with van der Waals surface area (Å²) in [6.45, 7) is 1.79. The zero-order chi connectivity index (χ0) is 14.6. The molecule has 0 saturated heterocycles. The van der Waals surface area contributed by atoms with Gasteiger partial charge in [0.25, 0.3) is 5.69 Å². The number of hydrogen-bond donors (Lipinski definition) is 2. The minimum atomic E-state index is -1.38. The van der Waals surface area contributed by atoms with Gasteiger partial charge in [0.1, 0.15) is 5.82 Å². The van der Waals surface area contributed by atoms with Crippen LogP contribution in [0, 0.1) is 15.9 Å². The quantitative estimate of drug-likeness (QED) is 0.608. The zero-order valence-electron chi connectivity index (χ0n) is 10.4. The van der Waals surface area contributed by atoms with E-state index in [0.29, 0.717) is 6.42 Å². The van der Waals surface area contributed by atoms with Crippen LogP contribution >= 0.6 is 0 Å². The summed E-state index contributed by atoms with van der Waals surface area (Å²) >= 11 is 0. The Bertz CT molecular complexity index is 507. The van der Waals surface area contributed by atoms with Crippen molar-refractivity contribution >= 4 is 11.7 Å². The Morgan fingerprint density at radius 3 is 2.68 bits per heavy atom. The molecule has 1 aromatic rings. The van der Waals surface area contributed by atoms with E-state index in [4.69, 9.17) is 10.8 Å². The van der Waals surface area contributed by atoms with Gasteiger partial charge in [-0.25, -0.2) is 4.39 Å². The molecule has 6 nitrogen and oxygen atoms in total. The highest BCUT2D eigenvalue weighted by Crippen LogP contribution is 2.34. The van der Waals surface area contributed by atoms with Crippen LogP contribution in [0.1, 0.15) is 31.7 Å². The maximum absolute atomic E-state index is 13.1.